The van der Waals surface area contributed by atoms with Gasteiger partial charge in [-0.15, -0.1) is 0 Å². The van der Waals surface area contributed by atoms with Crippen molar-refractivity contribution < 1.29 is 15.0 Å². The van der Waals surface area contributed by atoms with Crippen LogP contribution >= 0.6 is 0 Å². The number of rotatable bonds is 14. The van der Waals surface area contributed by atoms with Crippen molar-refractivity contribution in [3.8, 4) is 0 Å². The van der Waals surface area contributed by atoms with Crippen molar-refractivity contribution in [2.45, 2.75) is 70.8 Å². The molecule has 1 atom stereocenters. The molecule has 3 nitrogen and oxygen atoms in total. The van der Waals surface area contributed by atoms with Gasteiger partial charge in [-0.3, -0.25) is 4.79 Å². The summed E-state index contributed by atoms with van der Waals surface area (Å²) < 4.78 is 0. The van der Waals surface area contributed by atoms with Gasteiger partial charge in [-0.1, -0.05) is 74.8 Å². The summed E-state index contributed by atoms with van der Waals surface area (Å²) in [7, 11) is 0. The van der Waals surface area contributed by atoms with Gasteiger partial charge in [0, 0.05) is 6.42 Å². The topological polar surface area (TPSA) is 57.5 Å². The van der Waals surface area contributed by atoms with E-state index in [0.29, 0.717) is 6.42 Å². The summed E-state index contributed by atoms with van der Waals surface area (Å²) in [6.07, 6.45) is 23.6. The Labute approximate surface area is 141 Å². The van der Waals surface area contributed by atoms with Gasteiger partial charge >= 0.3 is 5.97 Å². The van der Waals surface area contributed by atoms with Crippen LogP contribution in [-0.4, -0.2) is 22.3 Å². The second kappa shape index (κ2) is 16.8. The summed E-state index contributed by atoms with van der Waals surface area (Å²) in [5.41, 5.74) is 0. The lowest BCUT2D eigenvalue weighted by molar-refractivity contribution is -0.137. The summed E-state index contributed by atoms with van der Waals surface area (Å²) in [4.78, 5) is 10.3. The molecular weight excluding hydrogens is 288 g/mol. The number of unbranched alkanes of at least 4 members (excludes halogenated alkanes) is 3. The molecule has 0 radical (unpaired) electrons. The van der Waals surface area contributed by atoms with Gasteiger partial charge in [0.1, 0.15) is 0 Å². The number of allylic oxidation sites excluding steroid dienone is 7. The molecule has 0 aliphatic heterocycles. The maximum atomic E-state index is 10.3. The molecular formula is C20H32O3. The molecule has 0 spiro atoms. The Balaban J connectivity index is 3.57. The first-order valence-corrected chi connectivity index (χ1v) is 8.70. The fourth-order valence-corrected chi connectivity index (χ4v) is 1.98. The normalized spacial score (nSPS) is 13.8. The van der Waals surface area contributed by atoms with E-state index in [2.05, 4.69) is 31.2 Å². The number of carboxylic acid groups (broad SMARTS) is 1. The number of aliphatic carboxylic acids is 1. The number of hydrogen-bond donors (Lipinski definition) is 2. The molecule has 0 saturated heterocycles. The summed E-state index contributed by atoms with van der Waals surface area (Å²) in [6, 6.07) is 0. The van der Waals surface area contributed by atoms with Crippen LogP contribution in [0.3, 0.4) is 0 Å². The van der Waals surface area contributed by atoms with Crippen LogP contribution in [0.15, 0.2) is 48.6 Å². The number of hydrogen-bond acceptors (Lipinski definition) is 2. The van der Waals surface area contributed by atoms with E-state index in [-0.39, 0.29) is 12.5 Å². The Bertz CT molecular complexity index is 392. The molecule has 0 fully saturated rings. The maximum absolute atomic E-state index is 10.3. The standard InChI is InChI=1S/C20H32O3/c1-2-3-13-16-19(21)17-14-11-9-7-5-4-6-8-10-12-15-18-20(22)23/h4-5,8-11,14,17,19,21H,2-3,6-7,12-13,15-16,18H2,1H3,(H,22,23)/b5-4+,10-8+,11-9+,17-14+/t19-/m1/s1. The second-order valence-electron chi connectivity index (χ2n) is 5.58. The average molecular weight is 320 g/mol. The lowest BCUT2D eigenvalue weighted by Crippen LogP contribution is -2.00. The third-order valence-corrected chi connectivity index (χ3v) is 3.32. The van der Waals surface area contributed by atoms with E-state index < -0.39 is 5.97 Å². The lowest BCUT2D eigenvalue weighted by Gasteiger charge is -2.02. The molecule has 0 aromatic rings. The number of carboxylic acids is 1. The zero-order chi connectivity index (χ0) is 17.2. The molecule has 2 N–H and O–H groups in total. The van der Waals surface area contributed by atoms with Gasteiger partial charge in [-0.25, -0.2) is 0 Å². The molecule has 0 heterocycles. The molecule has 0 bridgehead atoms. The van der Waals surface area contributed by atoms with Gasteiger partial charge in [0.05, 0.1) is 6.10 Å². The van der Waals surface area contributed by atoms with E-state index in [1.165, 1.54) is 12.8 Å². The molecule has 0 aliphatic rings. The zero-order valence-corrected chi connectivity index (χ0v) is 14.4. The van der Waals surface area contributed by atoms with Crippen LogP contribution in [0.1, 0.15) is 64.7 Å². The van der Waals surface area contributed by atoms with Crippen LogP contribution in [0.25, 0.3) is 0 Å². The largest absolute Gasteiger partial charge is 0.481 e. The third kappa shape index (κ3) is 18.3. The SMILES string of the molecule is CCCCC[C@@H](O)/C=C/C=C/C/C=C/C/C=C/CCCC(=O)O. The monoisotopic (exact) mass is 320 g/mol. The van der Waals surface area contributed by atoms with E-state index in [1.807, 2.05) is 24.3 Å². The van der Waals surface area contributed by atoms with Crippen molar-refractivity contribution >= 4 is 5.97 Å². The van der Waals surface area contributed by atoms with Crippen LogP contribution in [0, 0.1) is 0 Å². The van der Waals surface area contributed by atoms with Crippen molar-refractivity contribution in [3.05, 3.63) is 48.6 Å². The lowest BCUT2D eigenvalue weighted by atomic mass is 10.1. The zero-order valence-electron chi connectivity index (χ0n) is 14.4. The first kappa shape index (κ1) is 21.4. The minimum atomic E-state index is -0.729. The van der Waals surface area contributed by atoms with Gasteiger partial charge < -0.3 is 10.2 Å². The van der Waals surface area contributed by atoms with Gasteiger partial charge in [-0.2, -0.15) is 0 Å². The highest BCUT2D eigenvalue weighted by Crippen LogP contribution is 2.04. The predicted octanol–water partition coefficient (Wildman–Crippen LogP) is 5.19. The van der Waals surface area contributed by atoms with Crippen molar-refractivity contribution in [2.24, 2.45) is 0 Å². The minimum Gasteiger partial charge on any atom is -0.481 e. The Morgan fingerprint density at radius 1 is 0.957 bits per heavy atom. The second-order valence-corrected chi connectivity index (χ2v) is 5.58. The summed E-state index contributed by atoms with van der Waals surface area (Å²) in [6.45, 7) is 2.16. The molecule has 0 amide bonds. The maximum Gasteiger partial charge on any atom is 0.303 e. The van der Waals surface area contributed by atoms with Crippen molar-refractivity contribution in [3.63, 3.8) is 0 Å². The Morgan fingerprint density at radius 2 is 1.65 bits per heavy atom. The van der Waals surface area contributed by atoms with Crippen LogP contribution in [-0.2, 0) is 4.79 Å². The fourth-order valence-electron chi connectivity index (χ4n) is 1.98. The third-order valence-electron chi connectivity index (χ3n) is 3.32. The van der Waals surface area contributed by atoms with Gasteiger partial charge in [0.15, 0.2) is 0 Å². The summed E-state index contributed by atoms with van der Waals surface area (Å²) in [5.74, 6) is -0.729. The molecule has 23 heavy (non-hydrogen) atoms. The van der Waals surface area contributed by atoms with E-state index in [1.54, 1.807) is 0 Å². The average Bonchev–Trinajstić information content (AvgIpc) is 2.51. The molecule has 0 aliphatic carbocycles. The number of aliphatic hydroxyl groups excluding tert-OH is 1. The highest BCUT2D eigenvalue weighted by molar-refractivity contribution is 5.66. The van der Waals surface area contributed by atoms with E-state index in [9.17, 15) is 9.90 Å². The molecule has 3 heteroatoms. The highest BCUT2D eigenvalue weighted by atomic mass is 16.4. The van der Waals surface area contributed by atoms with Gasteiger partial charge in [0.2, 0.25) is 0 Å². The molecule has 130 valence electrons. The molecule has 0 rings (SSSR count). The minimum absolute atomic E-state index is 0.242. The Hall–Kier alpha value is -1.61. The highest BCUT2D eigenvalue weighted by Gasteiger charge is 1.96. The molecule has 0 unspecified atom stereocenters. The van der Waals surface area contributed by atoms with Crippen LogP contribution in [0.4, 0.5) is 0 Å². The molecule has 0 aromatic heterocycles. The van der Waals surface area contributed by atoms with Crippen molar-refractivity contribution in [2.75, 3.05) is 0 Å². The van der Waals surface area contributed by atoms with Gasteiger partial charge in [0.25, 0.3) is 0 Å². The van der Waals surface area contributed by atoms with E-state index >= 15 is 0 Å². The van der Waals surface area contributed by atoms with Gasteiger partial charge in [-0.05, 0) is 32.1 Å². The van der Waals surface area contributed by atoms with Crippen LogP contribution in [0.5, 0.6) is 0 Å². The summed E-state index contributed by atoms with van der Waals surface area (Å²) >= 11 is 0. The summed E-state index contributed by atoms with van der Waals surface area (Å²) in [5, 5.41) is 18.2. The Kier molecular flexibility index (Phi) is 15.6. The first-order valence-electron chi connectivity index (χ1n) is 8.70. The molecule has 0 aromatic carbocycles. The van der Waals surface area contributed by atoms with Crippen molar-refractivity contribution in [1.29, 1.82) is 0 Å². The van der Waals surface area contributed by atoms with Crippen LogP contribution in [0.2, 0.25) is 0 Å². The smallest absolute Gasteiger partial charge is 0.303 e. The van der Waals surface area contributed by atoms with Crippen molar-refractivity contribution in [1.82, 2.24) is 0 Å². The quantitative estimate of drug-likeness (QED) is 0.263. The Morgan fingerprint density at radius 3 is 2.35 bits per heavy atom. The fraction of sp³-hybridized carbons (Fsp3) is 0.550. The van der Waals surface area contributed by atoms with Crippen LogP contribution < -0.4 is 0 Å². The predicted molar refractivity (Wildman–Crippen MR) is 97.4 cm³/mol. The van der Waals surface area contributed by atoms with E-state index in [0.717, 1.165) is 32.1 Å². The number of carbonyl (C=O) groups is 1. The molecule has 0 saturated carbocycles. The number of aliphatic hydroxyl groups is 1. The van der Waals surface area contributed by atoms with E-state index in [4.69, 9.17) is 5.11 Å². The first-order chi connectivity index (χ1) is 11.2.